The highest BCUT2D eigenvalue weighted by Crippen LogP contribution is 2.23. The summed E-state index contributed by atoms with van der Waals surface area (Å²) in [6.45, 7) is 1.91. The molecular formula is C12H17BrN2O3S. The normalized spacial score (nSPS) is 13.1. The van der Waals surface area contributed by atoms with Crippen LogP contribution in [0, 0.1) is 6.92 Å². The quantitative estimate of drug-likeness (QED) is 0.842. The Balaban J connectivity index is 2.66. The van der Waals surface area contributed by atoms with Gasteiger partial charge in [-0.2, -0.15) is 0 Å². The lowest BCUT2D eigenvalue weighted by Crippen LogP contribution is -2.37. The van der Waals surface area contributed by atoms with E-state index in [1.165, 1.54) is 0 Å². The molecule has 0 aromatic heterocycles. The molecule has 0 aliphatic carbocycles. The summed E-state index contributed by atoms with van der Waals surface area (Å²) in [5.41, 5.74) is 7.30. The van der Waals surface area contributed by atoms with Crippen LogP contribution in [0.1, 0.15) is 12.0 Å². The summed E-state index contributed by atoms with van der Waals surface area (Å²) in [6, 6.07) is 4.70. The molecule has 0 radical (unpaired) electrons. The monoisotopic (exact) mass is 348 g/mol. The average molecular weight is 349 g/mol. The summed E-state index contributed by atoms with van der Waals surface area (Å²) in [7, 11) is -3.11. The SMILES string of the molecule is Cc1ccc(Br)c(NC(=O)C(N)CCS(C)(=O)=O)c1. The van der Waals surface area contributed by atoms with E-state index in [0.29, 0.717) is 5.69 Å². The smallest absolute Gasteiger partial charge is 0.241 e. The van der Waals surface area contributed by atoms with E-state index in [1.807, 2.05) is 25.1 Å². The number of benzene rings is 1. The Morgan fingerprint density at radius 1 is 1.47 bits per heavy atom. The Labute approximate surface area is 121 Å². The van der Waals surface area contributed by atoms with Crippen molar-refractivity contribution in [1.82, 2.24) is 0 Å². The Morgan fingerprint density at radius 2 is 2.11 bits per heavy atom. The van der Waals surface area contributed by atoms with Gasteiger partial charge in [-0.3, -0.25) is 4.79 Å². The highest BCUT2D eigenvalue weighted by atomic mass is 79.9. The molecule has 1 unspecified atom stereocenters. The molecule has 0 saturated carbocycles. The molecule has 0 spiro atoms. The average Bonchev–Trinajstić information content (AvgIpc) is 2.29. The van der Waals surface area contributed by atoms with Crippen molar-refractivity contribution in [2.24, 2.45) is 5.73 Å². The van der Waals surface area contributed by atoms with E-state index in [0.717, 1.165) is 16.3 Å². The van der Waals surface area contributed by atoms with E-state index in [4.69, 9.17) is 5.73 Å². The maximum absolute atomic E-state index is 11.8. The molecule has 0 heterocycles. The fourth-order valence-electron chi connectivity index (χ4n) is 1.43. The van der Waals surface area contributed by atoms with Gasteiger partial charge in [-0.05, 0) is 47.0 Å². The first-order valence-corrected chi connectivity index (χ1v) is 8.55. The molecule has 0 bridgehead atoms. The predicted octanol–water partition coefficient (Wildman–Crippen LogP) is 1.46. The van der Waals surface area contributed by atoms with Crippen molar-refractivity contribution in [2.45, 2.75) is 19.4 Å². The number of anilines is 1. The third-order valence-corrected chi connectivity index (χ3v) is 4.18. The molecular weight excluding hydrogens is 332 g/mol. The van der Waals surface area contributed by atoms with Gasteiger partial charge in [0, 0.05) is 10.7 Å². The van der Waals surface area contributed by atoms with E-state index < -0.39 is 21.8 Å². The number of halogens is 1. The molecule has 0 aliphatic heterocycles. The number of sulfone groups is 1. The first-order valence-electron chi connectivity index (χ1n) is 5.69. The van der Waals surface area contributed by atoms with Gasteiger partial charge in [-0.1, -0.05) is 6.07 Å². The first kappa shape index (κ1) is 16.1. The second kappa shape index (κ2) is 6.49. The zero-order chi connectivity index (χ0) is 14.6. The number of rotatable bonds is 5. The molecule has 7 heteroatoms. The van der Waals surface area contributed by atoms with Gasteiger partial charge in [0.25, 0.3) is 0 Å². The molecule has 106 valence electrons. The number of nitrogens with one attached hydrogen (secondary N) is 1. The molecule has 1 atom stereocenters. The molecule has 1 amide bonds. The van der Waals surface area contributed by atoms with Gasteiger partial charge in [-0.15, -0.1) is 0 Å². The van der Waals surface area contributed by atoms with Crippen molar-refractivity contribution in [2.75, 3.05) is 17.3 Å². The van der Waals surface area contributed by atoms with E-state index in [1.54, 1.807) is 0 Å². The van der Waals surface area contributed by atoms with E-state index in [2.05, 4.69) is 21.2 Å². The molecule has 0 saturated heterocycles. The van der Waals surface area contributed by atoms with Crippen molar-refractivity contribution in [3.63, 3.8) is 0 Å². The lowest BCUT2D eigenvalue weighted by atomic mass is 10.2. The summed E-state index contributed by atoms with van der Waals surface area (Å²) in [6.07, 6.45) is 1.23. The second-order valence-corrected chi connectivity index (χ2v) is 7.61. The van der Waals surface area contributed by atoms with Crippen LogP contribution < -0.4 is 11.1 Å². The van der Waals surface area contributed by atoms with Crippen LogP contribution in [0.25, 0.3) is 0 Å². The van der Waals surface area contributed by atoms with E-state index >= 15 is 0 Å². The minimum Gasteiger partial charge on any atom is -0.324 e. The fraction of sp³-hybridized carbons (Fsp3) is 0.417. The molecule has 0 aliphatic rings. The van der Waals surface area contributed by atoms with Crippen molar-refractivity contribution in [1.29, 1.82) is 0 Å². The van der Waals surface area contributed by atoms with Gasteiger partial charge in [-0.25, -0.2) is 8.42 Å². The third-order valence-electron chi connectivity index (χ3n) is 2.52. The molecule has 1 aromatic carbocycles. The molecule has 1 aromatic rings. The van der Waals surface area contributed by atoms with Crippen LogP contribution in [-0.4, -0.2) is 32.4 Å². The molecule has 1 rings (SSSR count). The maximum atomic E-state index is 11.8. The lowest BCUT2D eigenvalue weighted by Gasteiger charge is -2.13. The van der Waals surface area contributed by atoms with Crippen LogP contribution in [0.4, 0.5) is 5.69 Å². The van der Waals surface area contributed by atoms with Gasteiger partial charge in [0.2, 0.25) is 5.91 Å². The van der Waals surface area contributed by atoms with Crippen LogP contribution in [0.5, 0.6) is 0 Å². The van der Waals surface area contributed by atoms with Crippen molar-refractivity contribution < 1.29 is 13.2 Å². The zero-order valence-electron chi connectivity index (χ0n) is 10.8. The zero-order valence-corrected chi connectivity index (χ0v) is 13.2. The summed E-state index contributed by atoms with van der Waals surface area (Å²) >= 11 is 3.33. The number of carbonyl (C=O) groups is 1. The van der Waals surface area contributed by atoms with Crippen LogP contribution >= 0.6 is 15.9 Å². The van der Waals surface area contributed by atoms with Gasteiger partial charge in [0.15, 0.2) is 0 Å². The minimum atomic E-state index is -3.11. The number of hydrogen-bond acceptors (Lipinski definition) is 4. The van der Waals surface area contributed by atoms with Crippen LogP contribution in [0.2, 0.25) is 0 Å². The second-order valence-electron chi connectivity index (χ2n) is 4.50. The molecule has 19 heavy (non-hydrogen) atoms. The summed E-state index contributed by atoms with van der Waals surface area (Å²) in [4.78, 5) is 11.8. The maximum Gasteiger partial charge on any atom is 0.241 e. The number of nitrogens with two attached hydrogens (primary N) is 1. The fourth-order valence-corrected chi connectivity index (χ4v) is 2.46. The number of carbonyl (C=O) groups excluding carboxylic acids is 1. The van der Waals surface area contributed by atoms with Crippen LogP contribution in [0.15, 0.2) is 22.7 Å². The van der Waals surface area contributed by atoms with E-state index in [-0.39, 0.29) is 12.2 Å². The number of amides is 1. The standard InChI is InChI=1S/C12H17BrN2O3S/c1-8-3-4-9(13)11(7-8)15-12(16)10(14)5-6-19(2,17)18/h3-4,7,10H,5-6,14H2,1-2H3,(H,15,16). The van der Waals surface area contributed by atoms with Gasteiger partial charge in [0.1, 0.15) is 9.84 Å². The van der Waals surface area contributed by atoms with Gasteiger partial charge >= 0.3 is 0 Å². The Hall–Kier alpha value is -0.920. The molecule has 5 nitrogen and oxygen atoms in total. The Kier molecular flexibility index (Phi) is 5.51. The largest absolute Gasteiger partial charge is 0.324 e. The summed E-state index contributed by atoms with van der Waals surface area (Å²) in [5, 5.41) is 2.68. The molecule has 3 N–H and O–H groups in total. The Bertz CT molecular complexity index is 572. The highest BCUT2D eigenvalue weighted by molar-refractivity contribution is 9.10. The van der Waals surface area contributed by atoms with Gasteiger partial charge < -0.3 is 11.1 Å². The van der Waals surface area contributed by atoms with Crippen LogP contribution in [0.3, 0.4) is 0 Å². The first-order chi connectivity index (χ1) is 8.69. The topological polar surface area (TPSA) is 89.3 Å². The lowest BCUT2D eigenvalue weighted by molar-refractivity contribution is -0.117. The summed E-state index contributed by atoms with van der Waals surface area (Å²) in [5.74, 6) is -0.494. The predicted molar refractivity (Wildman–Crippen MR) is 79.8 cm³/mol. The van der Waals surface area contributed by atoms with Gasteiger partial charge in [0.05, 0.1) is 17.5 Å². The number of aryl methyl sites for hydroxylation is 1. The van der Waals surface area contributed by atoms with Crippen molar-refractivity contribution in [3.05, 3.63) is 28.2 Å². The van der Waals surface area contributed by atoms with Crippen molar-refractivity contribution >= 4 is 37.4 Å². The highest BCUT2D eigenvalue weighted by Gasteiger charge is 2.16. The van der Waals surface area contributed by atoms with Crippen molar-refractivity contribution in [3.8, 4) is 0 Å². The Morgan fingerprint density at radius 3 is 2.68 bits per heavy atom. The third kappa shape index (κ3) is 5.71. The van der Waals surface area contributed by atoms with Crippen LogP contribution in [-0.2, 0) is 14.6 Å². The number of hydrogen-bond donors (Lipinski definition) is 2. The molecule has 0 fully saturated rings. The summed E-state index contributed by atoms with van der Waals surface area (Å²) < 4.78 is 22.8. The van der Waals surface area contributed by atoms with E-state index in [9.17, 15) is 13.2 Å². The minimum absolute atomic E-state index is 0.101.